The number of likely N-dealkylation sites (tertiary alicyclic amines) is 1. The highest BCUT2D eigenvalue weighted by molar-refractivity contribution is 5.26. The first-order chi connectivity index (χ1) is 7.67. The molecule has 0 unspecified atom stereocenters. The highest BCUT2D eigenvalue weighted by Gasteiger charge is 2.20. The van der Waals surface area contributed by atoms with Crippen molar-refractivity contribution in [2.24, 2.45) is 0 Å². The fourth-order valence-electron chi connectivity index (χ4n) is 2.09. The molecule has 1 aromatic heterocycles. The number of pyridine rings is 1. The van der Waals surface area contributed by atoms with Crippen LogP contribution < -0.4 is 4.74 Å². The predicted molar refractivity (Wildman–Crippen MR) is 61.4 cm³/mol. The van der Waals surface area contributed by atoms with E-state index in [-0.39, 0.29) is 6.10 Å². The lowest BCUT2D eigenvalue weighted by Gasteiger charge is -2.15. The van der Waals surface area contributed by atoms with Crippen molar-refractivity contribution in [2.45, 2.75) is 26.0 Å². The number of hydrogen-bond acceptors (Lipinski definition) is 4. The van der Waals surface area contributed by atoms with Gasteiger partial charge in [0.2, 0.25) is 0 Å². The van der Waals surface area contributed by atoms with Crippen LogP contribution in [0.2, 0.25) is 0 Å². The highest BCUT2D eigenvalue weighted by atomic mass is 16.5. The van der Waals surface area contributed by atoms with E-state index in [9.17, 15) is 5.11 Å². The first kappa shape index (κ1) is 11.4. The van der Waals surface area contributed by atoms with Crippen LogP contribution in [0.5, 0.6) is 5.75 Å². The summed E-state index contributed by atoms with van der Waals surface area (Å²) >= 11 is 0. The molecule has 1 N–H and O–H groups in total. The van der Waals surface area contributed by atoms with Crippen molar-refractivity contribution in [3.05, 3.63) is 23.5 Å². The Labute approximate surface area is 95.9 Å². The minimum atomic E-state index is -0.174. The quantitative estimate of drug-likeness (QED) is 0.827. The molecule has 2 rings (SSSR count). The average Bonchev–Trinajstić information content (AvgIpc) is 2.63. The summed E-state index contributed by atoms with van der Waals surface area (Å²) in [5.41, 5.74) is 1.97. The summed E-state index contributed by atoms with van der Waals surface area (Å²) in [7, 11) is 1.66. The predicted octanol–water partition coefficient (Wildman–Crippen LogP) is 0.965. The van der Waals surface area contributed by atoms with Gasteiger partial charge in [-0.05, 0) is 13.3 Å². The van der Waals surface area contributed by atoms with Crippen LogP contribution in [-0.4, -0.2) is 41.3 Å². The lowest BCUT2D eigenvalue weighted by molar-refractivity contribution is 0.174. The maximum Gasteiger partial charge on any atom is 0.122 e. The second-order valence-corrected chi connectivity index (χ2v) is 4.32. The van der Waals surface area contributed by atoms with Gasteiger partial charge in [0.15, 0.2) is 0 Å². The number of β-amino-alcohol motifs (C(OH)–C–C–N with tert-alkyl or cyclic N) is 1. The molecule has 0 amide bonds. The molecular formula is C12H18N2O2. The zero-order valence-corrected chi connectivity index (χ0v) is 9.81. The molecule has 1 aliphatic heterocycles. The Morgan fingerprint density at radius 2 is 2.38 bits per heavy atom. The molecule has 1 atom stereocenters. The molecule has 88 valence electrons. The van der Waals surface area contributed by atoms with Gasteiger partial charge >= 0.3 is 0 Å². The summed E-state index contributed by atoms with van der Waals surface area (Å²) in [5, 5.41) is 9.45. The zero-order chi connectivity index (χ0) is 11.5. The molecule has 0 saturated carbocycles. The summed E-state index contributed by atoms with van der Waals surface area (Å²) in [6.07, 6.45) is 0.690. The van der Waals surface area contributed by atoms with Crippen molar-refractivity contribution in [3.63, 3.8) is 0 Å². The van der Waals surface area contributed by atoms with E-state index >= 15 is 0 Å². The molecule has 0 bridgehead atoms. The van der Waals surface area contributed by atoms with E-state index in [1.807, 2.05) is 19.1 Å². The van der Waals surface area contributed by atoms with Crippen molar-refractivity contribution in [1.29, 1.82) is 0 Å². The molecule has 1 aromatic rings. The van der Waals surface area contributed by atoms with Crippen molar-refractivity contribution in [1.82, 2.24) is 9.88 Å². The van der Waals surface area contributed by atoms with E-state index in [2.05, 4.69) is 9.88 Å². The third kappa shape index (κ3) is 2.71. The SMILES string of the molecule is COc1cc(C)nc(CN2CC[C@H](O)C2)c1. The van der Waals surface area contributed by atoms with Gasteiger partial charge in [0.1, 0.15) is 5.75 Å². The molecular weight excluding hydrogens is 204 g/mol. The molecule has 0 aromatic carbocycles. The van der Waals surface area contributed by atoms with E-state index in [4.69, 9.17) is 4.74 Å². The van der Waals surface area contributed by atoms with Crippen LogP contribution >= 0.6 is 0 Å². The van der Waals surface area contributed by atoms with Crippen LogP contribution in [-0.2, 0) is 6.54 Å². The highest BCUT2D eigenvalue weighted by Crippen LogP contribution is 2.17. The van der Waals surface area contributed by atoms with Gasteiger partial charge < -0.3 is 9.84 Å². The van der Waals surface area contributed by atoms with Crippen LogP contribution in [0.15, 0.2) is 12.1 Å². The molecule has 4 heteroatoms. The summed E-state index contributed by atoms with van der Waals surface area (Å²) in [5.74, 6) is 0.849. The summed E-state index contributed by atoms with van der Waals surface area (Å²) in [4.78, 5) is 6.68. The minimum absolute atomic E-state index is 0.174. The van der Waals surface area contributed by atoms with Gasteiger partial charge in [-0.15, -0.1) is 0 Å². The Morgan fingerprint density at radius 3 is 3.00 bits per heavy atom. The molecule has 1 fully saturated rings. The van der Waals surface area contributed by atoms with Crippen LogP contribution in [0.1, 0.15) is 17.8 Å². The fourth-order valence-corrected chi connectivity index (χ4v) is 2.09. The topological polar surface area (TPSA) is 45.6 Å². The largest absolute Gasteiger partial charge is 0.497 e. The zero-order valence-electron chi connectivity index (χ0n) is 9.81. The average molecular weight is 222 g/mol. The number of aryl methyl sites for hydroxylation is 1. The number of hydrogen-bond donors (Lipinski definition) is 1. The second-order valence-electron chi connectivity index (χ2n) is 4.32. The van der Waals surface area contributed by atoms with Gasteiger partial charge in [-0.3, -0.25) is 9.88 Å². The normalized spacial score (nSPS) is 21.3. The van der Waals surface area contributed by atoms with E-state index in [1.165, 1.54) is 0 Å². The third-order valence-electron chi connectivity index (χ3n) is 2.85. The molecule has 1 saturated heterocycles. The smallest absolute Gasteiger partial charge is 0.122 e. The lowest BCUT2D eigenvalue weighted by Crippen LogP contribution is -2.22. The minimum Gasteiger partial charge on any atom is -0.497 e. The first-order valence-electron chi connectivity index (χ1n) is 5.59. The molecule has 0 aliphatic carbocycles. The van der Waals surface area contributed by atoms with E-state index < -0.39 is 0 Å². The monoisotopic (exact) mass is 222 g/mol. The van der Waals surface area contributed by atoms with Crippen LogP contribution in [0, 0.1) is 6.92 Å². The van der Waals surface area contributed by atoms with Crippen LogP contribution in [0.25, 0.3) is 0 Å². The van der Waals surface area contributed by atoms with E-state index in [0.29, 0.717) is 0 Å². The molecule has 4 nitrogen and oxygen atoms in total. The number of rotatable bonds is 3. The molecule has 16 heavy (non-hydrogen) atoms. The lowest BCUT2D eigenvalue weighted by atomic mass is 10.3. The summed E-state index contributed by atoms with van der Waals surface area (Å²) in [6.45, 7) is 4.44. The van der Waals surface area contributed by atoms with E-state index in [0.717, 1.165) is 43.2 Å². The van der Waals surface area contributed by atoms with Crippen molar-refractivity contribution in [2.75, 3.05) is 20.2 Å². The Hall–Kier alpha value is -1.13. The number of nitrogens with zero attached hydrogens (tertiary/aromatic N) is 2. The summed E-state index contributed by atoms with van der Waals surface area (Å²) in [6, 6.07) is 3.88. The maximum absolute atomic E-state index is 9.45. The Bertz CT molecular complexity index is 368. The van der Waals surface area contributed by atoms with Crippen molar-refractivity contribution < 1.29 is 9.84 Å². The van der Waals surface area contributed by atoms with Gasteiger partial charge in [0.05, 0.1) is 18.9 Å². The maximum atomic E-state index is 9.45. The molecule has 0 spiro atoms. The van der Waals surface area contributed by atoms with Crippen molar-refractivity contribution in [3.8, 4) is 5.75 Å². The Kier molecular flexibility index (Phi) is 3.41. The number of ether oxygens (including phenoxy) is 1. The summed E-state index contributed by atoms with van der Waals surface area (Å²) < 4.78 is 5.21. The molecule has 0 radical (unpaired) electrons. The van der Waals surface area contributed by atoms with Crippen molar-refractivity contribution >= 4 is 0 Å². The van der Waals surface area contributed by atoms with Gasteiger partial charge in [-0.1, -0.05) is 0 Å². The van der Waals surface area contributed by atoms with Gasteiger partial charge in [-0.2, -0.15) is 0 Å². The first-order valence-corrected chi connectivity index (χ1v) is 5.59. The standard InChI is InChI=1S/C12H18N2O2/c1-9-5-12(16-2)6-10(13-9)7-14-4-3-11(15)8-14/h5-6,11,15H,3-4,7-8H2,1-2H3/t11-/m0/s1. The number of aliphatic hydroxyl groups is 1. The number of aromatic nitrogens is 1. The number of methoxy groups -OCH3 is 1. The van der Waals surface area contributed by atoms with Gasteiger partial charge in [-0.25, -0.2) is 0 Å². The van der Waals surface area contributed by atoms with E-state index in [1.54, 1.807) is 7.11 Å². The Morgan fingerprint density at radius 1 is 1.56 bits per heavy atom. The fraction of sp³-hybridized carbons (Fsp3) is 0.583. The third-order valence-corrected chi connectivity index (χ3v) is 2.85. The van der Waals surface area contributed by atoms with Gasteiger partial charge in [0.25, 0.3) is 0 Å². The van der Waals surface area contributed by atoms with Gasteiger partial charge in [0, 0.05) is 37.5 Å². The molecule has 1 aliphatic rings. The van der Waals surface area contributed by atoms with Crippen LogP contribution in [0.3, 0.4) is 0 Å². The number of aliphatic hydroxyl groups excluding tert-OH is 1. The second kappa shape index (κ2) is 4.80. The Balaban J connectivity index is 2.06. The molecule has 2 heterocycles. The van der Waals surface area contributed by atoms with Crippen LogP contribution in [0.4, 0.5) is 0 Å².